The smallest absolute Gasteiger partial charge is 0.163 e. The fourth-order valence-corrected chi connectivity index (χ4v) is 4.17. The highest BCUT2D eigenvalue weighted by molar-refractivity contribution is 5.69. The van der Waals surface area contributed by atoms with Crippen LogP contribution >= 0.6 is 0 Å². The largest absolute Gasteiger partial charge is 0.493 e. The highest BCUT2D eigenvalue weighted by atomic mass is 19.1. The number of nitrogens with zero attached hydrogens (tertiary/aromatic N) is 5. The second-order valence-electron chi connectivity index (χ2n) is 7.56. The van der Waals surface area contributed by atoms with Crippen LogP contribution < -0.4 is 15.6 Å². The van der Waals surface area contributed by atoms with E-state index < -0.39 is 0 Å². The Labute approximate surface area is 172 Å². The van der Waals surface area contributed by atoms with Crippen molar-refractivity contribution in [3.05, 3.63) is 52.9 Å². The maximum atomic E-state index is 14.1. The molecule has 8 nitrogen and oxygen atoms in total. The molecule has 2 unspecified atom stereocenters. The summed E-state index contributed by atoms with van der Waals surface area (Å²) in [6, 6.07) is 6.58. The number of nitriles is 1. The normalized spacial score (nSPS) is 19.8. The van der Waals surface area contributed by atoms with Gasteiger partial charge in [0.2, 0.25) is 0 Å². The van der Waals surface area contributed by atoms with E-state index in [0.717, 1.165) is 11.3 Å². The molecule has 0 fully saturated rings. The minimum Gasteiger partial charge on any atom is -0.493 e. The van der Waals surface area contributed by atoms with Gasteiger partial charge in [0, 0.05) is 18.5 Å². The molecule has 1 aromatic carbocycles. The zero-order valence-electron chi connectivity index (χ0n) is 16.6. The Morgan fingerprint density at radius 3 is 3.07 bits per heavy atom. The molecule has 0 saturated carbocycles. The Morgan fingerprint density at radius 1 is 1.37 bits per heavy atom. The Balaban J connectivity index is 1.69. The highest BCUT2D eigenvalue weighted by Crippen LogP contribution is 2.41. The second-order valence-corrected chi connectivity index (χ2v) is 7.56. The molecular formula is C21H20FN7O. The van der Waals surface area contributed by atoms with Crippen LogP contribution in [0, 0.1) is 17.1 Å². The van der Waals surface area contributed by atoms with Crippen LogP contribution in [-0.2, 0) is 13.5 Å². The second kappa shape index (κ2) is 7.07. The van der Waals surface area contributed by atoms with E-state index in [1.54, 1.807) is 24.0 Å². The molecule has 2 atom stereocenters. The average molecular weight is 405 g/mol. The van der Waals surface area contributed by atoms with Gasteiger partial charge in [-0.1, -0.05) is 6.92 Å². The van der Waals surface area contributed by atoms with Gasteiger partial charge in [0.15, 0.2) is 5.82 Å². The number of halogens is 1. The van der Waals surface area contributed by atoms with Gasteiger partial charge in [-0.15, -0.1) is 0 Å². The number of benzene rings is 1. The van der Waals surface area contributed by atoms with Gasteiger partial charge in [0.25, 0.3) is 0 Å². The molecule has 30 heavy (non-hydrogen) atoms. The van der Waals surface area contributed by atoms with Crippen LogP contribution in [0.5, 0.6) is 5.75 Å². The Morgan fingerprint density at radius 2 is 2.23 bits per heavy atom. The van der Waals surface area contributed by atoms with Crippen molar-refractivity contribution in [2.75, 3.05) is 12.0 Å². The SMILES string of the molecule is CC1c2cc(F)ccc2OCCCc2nn(C)c(C#N)c2-c2cnc3c(n2)C1NN3. The first-order chi connectivity index (χ1) is 14.6. The molecule has 0 radical (unpaired) electrons. The standard InChI is InChI=1S/C21H20FN7O/c1-11-13-8-12(22)5-6-17(13)30-7-3-4-14-18(16(9-23)29(2)28-14)15-10-24-21-20(25-15)19(11)26-27-21/h5-6,8,10-11,19,26H,3-4,7H2,1-2H3,(H,24,27). The molecule has 5 rings (SSSR count). The summed E-state index contributed by atoms with van der Waals surface area (Å²) in [6.45, 7) is 2.45. The molecule has 0 amide bonds. The van der Waals surface area contributed by atoms with Gasteiger partial charge in [0.1, 0.15) is 29.0 Å². The Bertz CT molecular complexity index is 1180. The van der Waals surface area contributed by atoms with Gasteiger partial charge in [-0.3, -0.25) is 4.68 Å². The molecule has 3 aromatic rings. The van der Waals surface area contributed by atoms with E-state index in [2.05, 4.69) is 27.0 Å². The fourth-order valence-electron chi connectivity index (χ4n) is 4.17. The van der Waals surface area contributed by atoms with Crippen LogP contribution in [0.4, 0.5) is 10.2 Å². The van der Waals surface area contributed by atoms with E-state index >= 15 is 0 Å². The van der Waals surface area contributed by atoms with Crippen LogP contribution in [0.1, 0.15) is 47.9 Å². The molecule has 2 N–H and O–H groups in total. The number of nitrogens with one attached hydrogen (secondary N) is 2. The van der Waals surface area contributed by atoms with Crippen LogP contribution in [0.25, 0.3) is 11.3 Å². The monoisotopic (exact) mass is 405 g/mol. The summed E-state index contributed by atoms with van der Waals surface area (Å²) in [5, 5.41) is 14.2. The molecule has 152 valence electrons. The molecule has 0 aliphatic carbocycles. The topological polar surface area (TPSA) is 101 Å². The summed E-state index contributed by atoms with van der Waals surface area (Å²) in [6.07, 6.45) is 2.98. The average Bonchev–Trinajstić information content (AvgIpc) is 3.30. The van der Waals surface area contributed by atoms with Crippen molar-refractivity contribution >= 4 is 5.82 Å². The summed E-state index contributed by atoms with van der Waals surface area (Å²) in [7, 11) is 1.75. The van der Waals surface area contributed by atoms with Crippen molar-refractivity contribution in [2.45, 2.75) is 31.7 Å². The van der Waals surface area contributed by atoms with Crippen molar-refractivity contribution in [3.63, 3.8) is 0 Å². The zero-order valence-corrected chi connectivity index (χ0v) is 16.6. The molecular weight excluding hydrogens is 385 g/mol. The van der Waals surface area contributed by atoms with Crippen molar-refractivity contribution in [1.82, 2.24) is 25.2 Å². The molecule has 2 aliphatic heterocycles. The number of aryl methyl sites for hydroxylation is 2. The number of aromatic nitrogens is 4. The van der Waals surface area contributed by atoms with Crippen LogP contribution in [0.2, 0.25) is 0 Å². The van der Waals surface area contributed by atoms with E-state index in [4.69, 9.17) is 9.72 Å². The third kappa shape index (κ3) is 2.88. The third-order valence-electron chi connectivity index (χ3n) is 5.70. The maximum absolute atomic E-state index is 14.1. The minimum absolute atomic E-state index is 0.140. The maximum Gasteiger partial charge on any atom is 0.163 e. The van der Waals surface area contributed by atoms with E-state index in [-0.39, 0.29) is 17.8 Å². The molecule has 2 aromatic heterocycles. The summed E-state index contributed by atoms with van der Waals surface area (Å²) in [4.78, 5) is 9.38. The zero-order chi connectivity index (χ0) is 20.8. The molecule has 9 heteroatoms. The first kappa shape index (κ1) is 18.5. The first-order valence-corrected chi connectivity index (χ1v) is 9.84. The van der Waals surface area contributed by atoms with Crippen LogP contribution in [-0.4, -0.2) is 26.4 Å². The summed E-state index contributed by atoms with van der Waals surface area (Å²) in [5.41, 5.74) is 10.3. The van der Waals surface area contributed by atoms with Gasteiger partial charge in [-0.25, -0.2) is 19.8 Å². The number of anilines is 1. The predicted molar refractivity (Wildman–Crippen MR) is 107 cm³/mol. The number of ether oxygens (including phenoxy) is 1. The van der Waals surface area contributed by atoms with Gasteiger partial charge < -0.3 is 10.2 Å². The lowest BCUT2D eigenvalue weighted by Crippen LogP contribution is -2.24. The molecule has 4 heterocycles. The Hall–Kier alpha value is -3.51. The van der Waals surface area contributed by atoms with Crippen LogP contribution in [0.15, 0.2) is 24.4 Å². The van der Waals surface area contributed by atoms with E-state index in [1.807, 2.05) is 6.92 Å². The van der Waals surface area contributed by atoms with Gasteiger partial charge in [0.05, 0.1) is 35.8 Å². The molecule has 0 saturated heterocycles. The predicted octanol–water partition coefficient (Wildman–Crippen LogP) is 2.99. The van der Waals surface area contributed by atoms with E-state index in [0.29, 0.717) is 53.7 Å². The minimum atomic E-state index is -0.310. The third-order valence-corrected chi connectivity index (χ3v) is 5.70. The molecule has 2 aliphatic rings. The summed E-state index contributed by atoms with van der Waals surface area (Å²) in [5.74, 6) is 0.823. The lowest BCUT2D eigenvalue weighted by Gasteiger charge is -2.22. The Kier molecular flexibility index (Phi) is 4.37. The lowest BCUT2D eigenvalue weighted by molar-refractivity contribution is 0.303. The van der Waals surface area contributed by atoms with Crippen molar-refractivity contribution in [3.8, 4) is 23.1 Å². The van der Waals surface area contributed by atoms with Gasteiger partial charge in [-0.2, -0.15) is 10.4 Å². The number of hydrazine groups is 1. The lowest BCUT2D eigenvalue weighted by atomic mass is 9.91. The molecule has 0 spiro atoms. The van der Waals surface area contributed by atoms with Gasteiger partial charge >= 0.3 is 0 Å². The number of hydrogen-bond donors (Lipinski definition) is 2. The summed E-state index contributed by atoms with van der Waals surface area (Å²) >= 11 is 0. The quantitative estimate of drug-likeness (QED) is 0.593. The van der Waals surface area contributed by atoms with Crippen molar-refractivity contribution in [1.29, 1.82) is 5.26 Å². The van der Waals surface area contributed by atoms with Crippen molar-refractivity contribution < 1.29 is 9.13 Å². The first-order valence-electron chi connectivity index (χ1n) is 9.84. The summed E-state index contributed by atoms with van der Waals surface area (Å²) < 4.78 is 21.7. The number of hydrogen-bond acceptors (Lipinski definition) is 7. The van der Waals surface area contributed by atoms with E-state index in [1.165, 1.54) is 12.1 Å². The highest BCUT2D eigenvalue weighted by Gasteiger charge is 2.33. The van der Waals surface area contributed by atoms with E-state index in [9.17, 15) is 9.65 Å². The number of fused-ring (bicyclic) bond motifs is 4. The van der Waals surface area contributed by atoms with Gasteiger partial charge in [-0.05, 0) is 31.0 Å². The molecule has 2 bridgehead atoms. The fraction of sp³-hybridized carbons (Fsp3) is 0.333. The van der Waals surface area contributed by atoms with Crippen molar-refractivity contribution in [2.24, 2.45) is 7.05 Å². The van der Waals surface area contributed by atoms with Crippen LogP contribution in [0.3, 0.4) is 0 Å². The number of rotatable bonds is 0.